The van der Waals surface area contributed by atoms with Crippen molar-refractivity contribution in [1.29, 1.82) is 0 Å². The predicted octanol–water partition coefficient (Wildman–Crippen LogP) is 1.47. The van der Waals surface area contributed by atoms with Crippen LogP contribution in [-0.2, 0) is 19.0 Å². The lowest BCUT2D eigenvalue weighted by Gasteiger charge is -2.38. The van der Waals surface area contributed by atoms with E-state index >= 15 is 0 Å². The number of methoxy groups -OCH3 is 1. The van der Waals surface area contributed by atoms with E-state index in [1.807, 2.05) is 0 Å². The quantitative estimate of drug-likeness (QED) is 0.339. The molecule has 0 saturated carbocycles. The minimum absolute atomic E-state index is 0.0675. The standard InChI is InChI=1S/C12H20N4O5/c1-12(2,3)21-11(18)16-5-6-20-7-8(16)9(14-15-13)10(17)19-4/h8-9H,5-7H2,1-4H3/t8?,9-/m0/s1. The smallest absolute Gasteiger partial charge is 0.410 e. The van der Waals surface area contributed by atoms with E-state index in [-0.39, 0.29) is 13.2 Å². The van der Waals surface area contributed by atoms with E-state index in [0.717, 1.165) is 0 Å². The number of nitrogens with zero attached hydrogens (tertiary/aromatic N) is 4. The third-order valence-electron chi connectivity index (χ3n) is 2.78. The summed E-state index contributed by atoms with van der Waals surface area (Å²) in [6, 6.07) is -1.93. The van der Waals surface area contributed by atoms with Gasteiger partial charge in [-0.25, -0.2) is 4.79 Å². The topological polar surface area (TPSA) is 114 Å². The molecule has 118 valence electrons. The lowest BCUT2D eigenvalue weighted by molar-refractivity contribution is -0.145. The summed E-state index contributed by atoms with van der Waals surface area (Å²) in [7, 11) is 1.18. The highest BCUT2D eigenvalue weighted by Crippen LogP contribution is 2.19. The molecule has 0 radical (unpaired) electrons. The Balaban J connectivity index is 2.96. The zero-order valence-corrected chi connectivity index (χ0v) is 12.6. The van der Waals surface area contributed by atoms with Crippen molar-refractivity contribution < 1.29 is 23.8 Å². The van der Waals surface area contributed by atoms with Gasteiger partial charge in [-0.15, -0.1) is 0 Å². The average Bonchev–Trinajstić information content (AvgIpc) is 2.42. The number of amides is 1. The van der Waals surface area contributed by atoms with Crippen LogP contribution in [0.3, 0.4) is 0 Å². The van der Waals surface area contributed by atoms with Gasteiger partial charge in [0.1, 0.15) is 5.60 Å². The Labute approximate surface area is 122 Å². The molecule has 0 aliphatic carbocycles. The molecule has 1 fully saturated rings. The molecule has 1 rings (SSSR count). The second-order valence-electron chi connectivity index (χ2n) is 5.49. The number of hydrogen-bond acceptors (Lipinski definition) is 6. The lowest BCUT2D eigenvalue weighted by Crippen LogP contribution is -2.56. The number of rotatable bonds is 3. The average molecular weight is 300 g/mol. The van der Waals surface area contributed by atoms with E-state index in [4.69, 9.17) is 15.0 Å². The Morgan fingerprint density at radius 3 is 2.67 bits per heavy atom. The molecule has 1 saturated heterocycles. The first-order valence-electron chi connectivity index (χ1n) is 6.49. The molecule has 9 nitrogen and oxygen atoms in total. The van der Waals surface area contributed by atoms with Crippen LogP contribution in [0.1, 0.15) is 20.8 Å². The molecule has 9 heteroatoms. The third kappa shape index (κ3) is 4.80. The minimum atomic E-state index is -1.17. The van der Waals surface area contributed by atoms with Crippen LogP contribution in [0.25, 0.3) is 10.4 Å². The van der Waals surface area contributed by atoms with E-state index in [1.165, 1.54) is 12.0 Å². The second kappa shape index (κ2) is 7.14. The number of esters is 1. The largest absolute Gasteiger partial charge is 0.469 e. The Morgan fingerprint density at radius 1 is 1.48 bits per heavy atom. The Hall–Kier alpha value is -1.99. The summed E-state index contributed by atoms with van der Waals surface area (Å²) >= 11 is 0. The van der Waals surface area contributed by atoms with Crippen LogP contribution in [0, 0.1) is 0 Å². The van der Waals surface area contributed by atoms with E-state index in [2.05, 4.69) is 14.8 Å². The van der Waals surface area contributed by atoms with Crippen molar-refractivity contribution in [3.8, 4) is 0 Å². The molecular formula is C12H20N4O5. The molecule has 0 aromatic rings. The van der Waals surface area contributed by atoms with Crippen molar-refractivity contribution in [2.75, 3.05) is 26.9 Å². The first-order valence-corrected chi connectivity index (χ1v) is 6.49. The SMILES string of the molecule is COC(=O)[C@@H](N=[N+]=[N-])C1COCCN1C(=O)OC(C)(C)C. The van der Waals surface area contributed by atoms with E-state index in [1.54, 1.807) is 20.8 Å². The zero-order valence-electron chi connectivity index (χ0n) is 12.6. The number of hydrogen-bond donors (Lipinski definition) is 0. The number of carbonyl (C=O) groups excluding carboxylic acids is 2. The molecule has 0 aromatic heterocycles. The number of ether oxygens (including phenoxy) is 3. The first kappa shape index (κ1) is 17.1. The summed E-state index contributed by atoms with van der Waals surface area (Å²) in [6.07, 6.45) is -0.585. The number of azide groups is 1. The molecule has 0 bridgehead atoms. The van der Waals surface area contributed by atoms with Crippen LogP contribution in [0.15, 0.2) is 5.11 Å². The molecule has 21 heavy (non-hydrogen) atoms. The first-order chi connectivity index (χ1) is 9.80. The molecule has 1 heterocycles. The maximum atomic E-state index is 12.2. The maximum absolute atomic E-state index is 12.2. The van der Waals surface area contributed by atoms with Crippen LogP contribution >= 0.6 is 0 Å². The van der Waals surface area contributed by atoms with E-state index in [9.17, 15) is 9.59 Å². The van der Waals surface area contributed by atoms with E-state index in [0.29, 0.717) is 6.61 Å². The van der Waals surface area contributed by atoms with Gasteiger partial charge in [-0.1, -0.05) is 5.11 Å². The van der Waals surface area contributed by atoms with Gasteiger partial charge in [0, 0.05) is 11.5 Å². The molecule has 1 aliphatic rings. The number of morpholine rings is 1. The lowest BCUT2D eigenvalue weighted by atomic mass is 10.1. The van der Waals surface area contributed by atoms with Crippen molar-refractivity contribution in [3.63, 3.8) is 0 Å². The predicted molar refractivity (Wildman–Crippen MR) is 72.5 cm³/mol. The Bertz CT molecular complexity index is 441. The van der Waals surface area contributed by atoms with Gasteiger partial charge in [-0.2, -0.15) is 0 Å². The zero-order chi connectivity index (χ0) is 16.0. The Morgan fingerprint density at radius 2 is 2.14 bits per heavy atom. The monoisotopic (exact) mass is 300 g/mol. The molecule has 1 aliphatic heterocycles. The van der Waals surface area contributed by atoms with Crippen LogP contribution < -0.4 is 0 Å². The van der Waals surface area contributed by atoms with Crippen molar-refractivity contribution in [3.05, 3.63) is 10.4 Å². The van der Waals surface area contributed by atoms with Crippen LogP contribution in [0.5, 0.6) is 0 Å². The molecule has 1 amide bonds. The van der Waals surface area contributed by atoms with Gasteiger partial charge in [0.25, 0.3) is 0 Å². The minimum Gasteiger partial charge on any atom is -0.469 e. The molecule has 0 N–H and O–H groups in total. The van der Waals surface area contributed by atoms with Gasteiger partial charge >= 0.3 is 12.1 Å². The number of carbonyl (C=O) groups is 2. The molecule has 1 unspecified atom stereocenters. The fraction of sp³-hybridized carbons (Fsp3) is 0.833. The highest BCUT2D eigenvalue weighted by Gasteiger charge is 2.39. The Kier molecular flexibility index (Phi) is 5.80. The van der Waals surface area contributed by atoms with Crippen molar-refractivity contribution in [2.24, 2.45) is 5.11 Å². The molecule has 0 aromatic carbocycles. The van der Waals surface area contributed by atoms with Crippen LogP contribution in [0.2, 0.25) is 0 Å². The summed E-state index contributed by atoms with van der Waals surface area (Å²) in [5.41, 5.74) is 7.93. The summed E-state index contributed by atoms with van der Waals surface area (Å²) in [5, 5.41) is 3.42. The van der Waals surface area contributed by atoms with Crippen molar-refractivity contribution >= 4 is 12.1 Å². The third-order valence-corrected chi connectivity index (χ3v) is 2.78. The summed E-state index contributed by atoms with van der Waals surface area (Å²) in [4.78, 5) is 27.9. The summed E-state index contributed by atoms with van der Waals surface area (Å²) in [6.45, 7) is 5.86. The highest BCUT2D eigenvalue weighted by molar-refractivity contribution is 5.78. The fourth-order valence-corrected chi connectivity index (χ4v) is 1.89. The fourth-order valence-electron chi connectivity index (χ4n) is 1.89. The maximum Gasteiger partial charge on any atom is 0.410 e. The van der Waals surface area contributed by atoms with Crippen molar-refractivity contribution in [2.45, 2.75) is 38.5 Å². The normalized spacial score (nSPS) is 20.2. The van der Waals surface area contributed by atoms with Gasteiger partial charge in [0.15, 0.2) is 6.04 Å². The summed E-state index contributed by atoms with van der Waals surface area (Å²) < 4.78 is 15.2. The van der Waals surface area contributed by atoms with Gasteiger partial charge < -0.3 is 14.2 Å². The van der Waals surface area contributed by atoms with Crippen LogP contribution in [0.4, 0.5) is 4.79 Å². The van der Waals surface area contributed by atoms with E-state index < -0.39 is 29.7 Å². The van der Waals surface area contributed by atoms with Gasteiger partial charge in [-0.05, 0) is 26.3 Å². The van der Waals surface area contributed by atoms with Crippen molar-refractivity contribution in [1.82, 2.24) is 4.90 Å². The second-order valence-corrected chi connectivity index (χ2v) is 5.49. The molecule has 0 spiro atoms. The van der Waals surface area contributed by atoms with Gasteiger partial charge in [0.2, 0.25) is 0 Å². The van der Waals surface area contributed by atoms with Crippen LogP contribution in [-0.4, -0.2) is 61.5 Å². The molecule has 2 atom stereocenters. The van der Waals surface area contributed by atoms with Gasteiger partial charge in [-0.3, -0.25) is 9.69 Å². The van der Waals surface area contributed by atoms with Gasteiger partial charge in [0.05, 0.1) is 26.4 Å². The molecular weight excluding hydrogens is 280 g/mol. The highest BCUT2D eigenvalue weighted by atomic mass is 16.6. The summed E-state index contributed by atoms with van der Waals surface area (Å²) in [5.74, 6) is -0.725.